The lowest BCUT2D eigenvalue weighted by molar-refractivity contribution is -0.153. The summed E-state index contributed by atoms with van der Waals surface area (Å²) in [6.45, 7) is 6.68. The largest absolute Gasteiger partial charge is 0.481 e. The Bertz CT molecular complexity index is 1520. The lowest BCUT2D eigenvalue weighted by atomic mass is 9.72. The third-order valence-corrected chi connectivity index (χ3v) is 11.6. The fourth-order valence-corrected chi connectivity index (χ4v) is 8.44. The van der Waals surface area contributed by atoms with Gasteiger partial charge in [0.05, 0.1) is 28.9 Å². The highest BCUT2D eigenvalue weighted by molar-refractivity contribution is 7.13. The van der Waals surface area contributed by atoms with E-state index in [-0.39, 0.29) is 24.9 Å². The van der Waals surface area contributed by atoms with Crippen molar-refractivity contribution in [1.82, 2.24) is 20.2 Å². The number of likely N-dealkylation sites (tertiary alicyclic amines) is 1. The van der Waals surface area contributed by atoms with Crippen molar-refractivity contribution in [1.29, 1.82) is 0 Å². The van der Waals surface area contributed by atoms with E-state index in [9.17, 15) is 19.5 Å². The van der Waals surface area contributed by atoms with E-state index < -0.39 is 17.9 Å². The predicted molar refractivity (Wildman–Crippen MR) is 184 cm³/mol. The van der Waals surface area contributed by atoms with E-state index in [0.29, 0.717) is 17.1 Å². The first-order valence-electron chi connectivity index (χ1n) is 17.3. The number of piperidine rings is 1. The zero-order chi connectivity index (χ0) is 32.9. The molecule has 1 atom stereocenters. The standard InChI is InChI=1S/C37H47N5O4S/c1-3-4-25-6-10-27(11-7-25)28-15-17-41(18-16-28)31-20-38-34(39-21-31)29-12-8-26(9-13-29)19-32(36(44)42-22-30(23-42)37(45)46)40-35(43)33-14-5-24(2)47-33/h5,8-9,12-14,20-21,25,27-28,30,32H,3-4,6-7,10-11,15-19,22-23H2,1-2H3,(H,40,43)(H,45,46)/t25?,27?,32-/m0/s1. The molecule has 1 saturated carbocycles. The highest BCUT2D eigenvalue weighted by atomic mass is 32.1. The SMILES string of the molecule is CCCC1CCC(C2CCN(c3cnc(-c4ccc(C[C@H](NC(=O)c5ccc(C)s5)C(=O)N5CC(C(=O)O)C5)cc4)nc3)CC2)CC1. The number of amides is 2. The van der Waals surface area contributed by atoms with Crippen molar-refractivity contribution in [3.63, 3.8) is 0 Å². The number of anilines is 1. The Morgan fingerprint density at radius 1 is 0.936 bits per heavy atom. The lowest BCUT2D eigenvalue weighted by Crippen LogP contribution is -2.59. The first-order valence-corrected chi connectivity index (χ1v) is 18.1. The highest BCUT2D eigenvalue weighted by Crippen LogP contribution is 2.39. The van der Waals surface area contributed by atoms with Gasteiger partial charge in [-0.25, -0.2) is 9.97 Å². The van der Waals surface area contributed by atoms with Crippen molar-refractivity contribution >= 4 is 34.8 Å². The number of thiophene rings is 1. The number of rotatable bonds is 11. The Labute approximate surface area is 281 Å². The van der Waals surface area contributed by atoms with Crippen LogP contribution in [0.4, 0.5) is 5.69 Å². The van der Waals surface area contributed by atoms with Crippen molar-refractivity contribution in [3.8, 4) is 11.4 Å². The first kappa shape index (κ1) is 33.1. The summed E-state index contributed by atoms with van der Waals surface area (Å²) in [4.78, 5) is 52.5. The molecule has 0 spiro atoms. The Morgan fingerprint density at radius 2 is 1.60 bits per heavy atom. The van der Waals surface area contributed by atoms with Crippen LogP contribution in [0, 0.1) is 30.6 Å². The number of hydrogen-bond acceptors (Lipinski definition) is 7. The second kappa shape index (κ2) is 15.0. The van der Waals surface area contributed by atoms with E-state index in [2.05, 4.69) is 17.1 Å². The Kier molecular flexibility index (Phi) is 10.5. The van der Waals surface area contributed by atoms with Gasteiger partial charge in [-0.3, -0.25) is 14.4 Å². The number of carboxylic acid groups (broad SMARTS) is 1. The van der Waals surface area contributed by atoms with E-state index in [1.54, 1.807) is 6.07 Å². The van der Waals surface area contributed by atoms with Crippen molar-refractivity contribution in [2.75, 3.05) is 31.1 Å². The van der Waals surface area contributed by atoms with Gasteiger partial charge in [0.2, 0.25) is 5.91 Å². The van der Waals surface area contributed by atoms with Crippen LogP contribution in [0.2, 0.25) is 0 Å². The van der Waals surface area contributed by atoms with Crippen molar-refractivity contribution in [2.24, 2.45) is 23.7 Å². The Hall–Kier alpha value is -3.79. The molecule has 0 radical (unpaired) electrons. The lowest BCUT2D eigenvalue weighted by Gasteiger charge is -2.39. The normalized spacial score (nSPS) is 21.2. The van der Waals surface area contributed by atoms with Gasteiger partial charge in [-0.05, 0) is 68.1 Å². The molecule has 1 aliphatic carbocycles. The summed E-state index contributed by atoms with van der Waals surface area (Å²) in [5, 5.41) is 12.2. The van der Waals surface area contributed by atoms with Gasteiger partial charge in [0, 0.05) is 43.0 Å². The van der Waals surface area contributed by atoms with E-state index in [4.69, 9.17) is 9.97 Å². The second-order valence-electron chi connectivity index (χ2n) is 13.8. The average Bonchev–Trinajstić information content (AvgIpc) is 3.51. The van der Waals surface area contributed by atoms with Crippen LogP contribution >= 0.6 is 11.3 Å². The number of carbonyl (C=O) groups is 3. The van der Waals surface area contributed by atoms with Gasteiger partial charge < -0.3 is 20.2 Å². The number of aromatic nitrogens is 2. The van der Waals surface area contributed by atoms with Crippen LogP contribution in [0.1, 0.15) is 78.4 Å². The second-order valence-corrected chi connectivity index (χ2v) is 15.1. The maximum absolute atomic E-state index is 13.4. The van der Waals surface area contributed by atoms with Gasteiger partial charge in [-0.2, -0.15) is 0 Å². The summed E-state index contributed by atoms with van der Waals surface area (Å²) in [6.07, 6.45) is 15.1. The molecule has 10 heteroatoms. The number of benzene rings is 1. The van der Waals surface area contributed by atoms with Crippen LogP contribution in [0.25, 0.3) is 11.4 Å². The molecule has 3 fully saturated rings. The van der Waals surface area contributed by atoms with Crippen LogP contribution in [-0.2, 0) is 16.0 Å². The average molecular weight is 658 g/mol. The fourth-order valence-electron chi connectivity index (χ4n) is 7.67. The number of aliphatic carboxylic acids is 1. The quantitative estimate of drug-likeness (QED) is 0.252. The molecule has 47 heavy (non-hydrogen) atoms. The first-order chi connectivity index (χ1) is 22.8. The summed E-state index contributed by atoms with van der Waals surface area (Å²) in [5.41, 5.74) is 2.83. The molecule has 250 valence electrons. The monoisotopic (exact) mass is 657 g/mol. The molecule has 1 aromatic carbocycles. The smallest absolute Gasteiger partial charge is 0.310 e. The molecule has 3 aromatic rings. The minimum absolute atomic E-state index is 0.156. The van der Waals surface area contributed by atoms with Crippen molar-refractivity contribution < 1.29 is 19.5 Å². The van der Waals surface area contributed by atoms with Crippen LogP contribution in [0.5, 0.6) is 0 Å². The summed E-state index contributed by atoms with van der Waals surface area (Å²) in [7, 11) is 0. The zero-order valence-corrected chi connectivity index (χ0v) is 28.4. The van der Waals surface area contributed by atoms with Gasteiger partial charge >= 0.3 is 5.97 Å². The number of nitrogens with zero attached hydrogens (tertiary/aromatic N) is 4. The Morgan fingerprint density at radius 3 is 2.19 bits per heavy atom. The molecule has 2 saturated heterocycles. The third-order valence-electron chi connectivity index (χ3n) is 10.6. The number of carboxylic acids is 1. The number of hydrogen-bond donors (Lipinski definition) is 2. The summed E-state index contributed by atoms with van der Waals surface area (Å²) in [6, 6.07) is 10.6. The van der Waals surface area contributed by atoms with Crippen LogP contribution < -0.4 is 10.2 Å². The molecule has 2 aliphatic heterocycles. The third kappa shape index (κ3) is 8.03. The minimum atomic E-state index is -0.908. The molecule has 4 heterocycles. The van der Waals surface area contributed by atoms with E-state index in [1.807, 2.05) is 49.6 Å². The van der Waals surface area contributed by atoms with E-state index >= 15 is 0 Å². The van der Waals surface area contributed by atoms with E-state index in [1.165, 1.54) is 67.6 Å². The highest BCUT2D eigenvalue weighted by Gasteiger charge is 2.39. The summed E-state index contributed by atoms with van der Waals surface area (Å²) < 4.78 is 0. The number of aryl methyl sites for hydroxylation is 1. The van der Waals surface area contributed by atoms with Gasteiger partial charge in [-0.1, -0.05) is 56.9 Å². The number of carbonyl (C=O) groups excluding carboxylic acids is 2. The molecule has 0 bridgehead atoms. The van der Waals surface area contributed by atoms with E-state index in [0.717, 1.165) is 52.5 Å². The Balaban J connectivity index is 1.04. The molecule has 6 rings (SSSR count). The van der Waals surface area contributed by atoms with Crippen molar-refractivity contribution in [3.05, 3.63) is 64.1 Å². The summed E-state index contributed by atoms with van der Waals surface area (Å²) >= 11 is 1.37. The van der Waals surface area contributed by atoms with Gasteiger partial charge in [0.1, 0.15) is 6.04 Å². The fraction of sp³-hybridized carbons (Fsp3) is 0.541. The minimum Gasteiger partial charge on any atom is -0.481 e. The van der Waals surface area contributed by atoms with Crippen LogP contribution in [-0.4, -0.2) is 70.0 Å². The molecular formula is C37H47N5O4S. The molecule has 0 unspecified atom stereocenters. The summed E-state index contributed by atoms with van der Waals surface area (Å²) in [5.74, 6) is 1.32. The molecule has 3 aliphatic rings. The van der Waals surface area contributed by atoms with Gasteiger partial charge in [-0.15, -0.1) is 11.3 Å². The molecule has 2 N–H and O–H groups in total. The van der Waals surface area contributed by atoms with Gasteiger partial charge in [0.25, 0.3) is 5.91 Å². The maximum Gasteiger partial charge on any atom is 0.310 e. The predicted octanol–water partition coefficient (Wildman–Crippen LogP) is 6.22. The maximum atomic E-state index is 13.4. The van der Waals surface area contributed by atoms with Crippen molar-refractivity contribution in [2.45, 2.75) is 77.7 Å². The molecule has 9 nitrogen and oxygen atoms in total. The molecule has 2 amide bonds. The van der Waals surface area contributed by atoms with Crippen LogP contribution in [0.15, 0.2) is 48.8 Å². The topological polar surface area (TPSA) is 116 Å². The van der Waals surface area contributed by atoms with Gasteiger partial charge in [0.15, 0.2) is 5.82 Å². The number of nitrogens with one attached hydrogen (secondary N) is 1. The van der Waals surface area contributed by atoms with Crippen LogP contribution in [0.3, 0.4) is 0 Å². The zero-order valence-electron chi connectivity index (χ0n) is 27.6. The molecular weight excluding hydrogens is 611 g/mol. The molecule has 2 aromatic heterocycles.